The van der Waals surface area contributed by atoms with Crippen LogP contribution in [0.1, 0.15) is 0 Å². The number of rotatable bonds is 6. The van der Waals surface area contributed by atoms with E-state index in [2.05, 4.69) is 198 Å². The minimum absolute atomic E-state index is 0.854. The molecule has 0 aliphatic carbocycles. The summed E-state index contributed by atoms with van der Waals surface area (Å²) in [5.74, 6) is 0. The Morgan fingerprint density at radius 1 is 0.373 bits per heavy atom. The number of aromatic nitrogens is 1. The number of nitrogens with zero attached hydrogens (tertiary/aromatic N) is 2. The van der Waals surface area contributed by atoms with E-state index in [0.29, 0.717) is 0 Å². The van der Waals surface area contributed by atoms with E-state index in [0.717, 1.165) is 55.7 Å². The highest BCUT2D eigenvalue weighted by Crippen LogP contribution is 2.50. The Morgan fingerprint density at radius 3 is 1.57 bits per heavy atom. The molecule has 0 aliphatic heterocycles. The smallest absolute Gasteiger partial charge is 0.139 e. The topological polar surface area (TPSA) is 21.3 Å². The first-order valence-corrected chi connectivity index (χ1v) is 17.4. The largest absolute Gasteiger partial charge is 0.456 e. The average Bonchev–Trinajstić information content (AvgIpc) is 3.74. The SMILES string of the molecule is c1ccc(-c2ccc(-c3ccc4c(c3)c3c(N(c5ccccc5)c5ccccc5)c5c(cc3n4-c3ccccc3)oc3ccccc35)cc2)cc1. The minimum atomic E-state index is 0.854. The van der Waals surface area contributed by atoms with Gasteiger partial charge in [-0.1, -0.05) is 133 Å². The van der Waals surface area contributed by atoms with Gasteiger partial charge in [-0.2, -0.15) is 0 Å². The Hall–Kier alpha value is -6.84. The van der Waals surface area contributed by atoms with Crippen LogP contribution < -0.4 is 4.90 Å². The molecule has 2 aromatic heterocycles. The lowest BCUT2D eigenvalue weighted by Crippen LogP contribution is -2.10. The lowest BCUT2D eigenvalue weighted by atomic mass is 9.98. The summed E-state index contributed by atoms with van der Waals surface area (Å²) in [4.78, 5) is 2.41. The van der Waals surface area contributed by atoms with Crippen LogP contribution in [0, 0.1) is 0 Å². The molecule has 51 heavy (non-hydrogen) atoms. The predicted molar refractivity (Wildman–Crippen MR) is 214 cm³/mol. The normalized spacial score (nSPS) is 11.5. The van der Waals surface area contributed by atoms with Crippen molar-refractivity contribution in [3.05, 3.63) is 194 Å². The molecule has 10 rings (SSSR count). The highest BCUT2D eigenvalue weighted by molar-refractivity contribution is 6.28. The Morgan fingerprint density at radius 2 is 0.902 bits per heavy atom. The molecule has 0 spiro atoms. The molecule has 0 N–H and O–H groups in total. The van der Waals surface area contributed by atoms with Gasteiger partial charge in [0.1, 0.15) is 11.2 Å². The molecule has 0 aliphatic rings. The van der Waals surface area contributed by atoms with Gasteiger partial charge >= 0.3 is 0 Å². The third-order valence-corrected chi connectivity index (χ3v) is 9.96. The number of hydrogen-bond acceptors (Lipinski definition) is 2. The van der Waals surface area contributed by atoms with Gasteiger partial charge in [0.05, 0.1) is 22.1 Å². The van der Waals surface area contributed by atoms with Crippen LogP contribution in [-0.2, 0) is 0 Å². The van der Waals surface area contributed by atoms with Crippen molar-refractivity contribution in [2.45, 2.75) is 0 Å². The van der Waals surface area contributed by atoms with Crippen molar-refractivity contribution in [1.29, 1.82) is 0 Å². The quantitative estimate of drug-likeness (QED) is 0.178. The van der Waals surface area contributed by atoms with E-state index >= 15 is 0 Å². The maximum Gasteiger partial charge on any atom is 0.139 e. The lowest BCUT2D eigenvalue weighted by Gasteiger charge is -2.27. The zero-order valence-electron chi connectivity index (χ0n) is 27.8. The molecule has 0 saturated carbocycles. The van der Waals surface area contributed by atoms with Gasteiger partial charge in [0.2, 0.25) is 0 Å². The lowest BCUT2D eigenvalue weighted by molar-refractivity contribution is 0.669. The van der Waals surface area contributed by atoms with Crippen LogP contribution in [0.2, 0.25) is 0 Å². The van der Waals surface area contributed by atoms with Crippen molar-refractivity contribution in [3.63, 3.8) is 0 Å². The van der Waals surface area contributed by atoms with Gasteiger partial charge in [-0.05, 0) is 76.9 Å². The fourth-order valence-corrected chi connectivity index (χ4v) is 7.66. The molecular weight excluding hydrogens is 621 g/mol. The van der Waals surface area contributed by atoms with Gasteiger partial charge in [0.15, 0.2) is 0 Å². The predicted octanol–water partition coefficient (Wildman–Crippen LogP) is 13.5. The van der Waals surface area contributed by atoms with Crippen LogP contribution in [0.15, 0.2) is 199 Å². The first-order valence-electron chi connectivity index (χ1n) is 17.4. The molecule has 3 nitrogen and oxygen atoms in total. The van der Waals surface area contributed by atoms with E-state index in [4.69, 9.17) is 4.42 Å². The number of para-hydroxylation sites is 4. The number of hydrogen-bond donors (Lipinski definition) is 0. The Balaban J connectivity index is 1.34. The summed E-state index contributed by atoms with van der Waals surface area (Å²) < 4.78 is 9.10. The summed E-state index contributed by atoms with van der Waals surface area (Å²) in [6, 6.07) is 69.0. The number of anilines is 3. The van der Waals surface area contributed by atoms with Crippen molar-refractivity contribution in [1.82, 2.24) is 4.57 Å². The zero-order chi connectivity index (χ0) is 33.7. The molecule has 0 unspecified atom stereocenters. The second-order valence-electron chi connectivity index (χ2n) is 12.9. The van der Waals surface area contributed by atoms with Crippen LogP contribution >= 0.6 is 0 Å². The molecule has 0 amide bonds. The molecule has 0 saturated heterocycles. The molecule has 0 fully saturated rings. The summed E-state index contributed by atoms with van der Waals surface area (Å²) in [7, 11) is 0. The van der Waals surface area contributed by atoms with Crippen molar-refractivity contribution in [2.24, 2.45) is 0 Å². The van der Waals surface area contributed by atoms with E-state index < -0.39 is 0 Å². The van der Waals surface area contributed by atoms with Gasteiger partial charge in [-0.25, -0.2) is 0 Å². The molecule has 3 heteroatoms. The highest BCUT2D eigenvalue weighted by atomic mass is 16.3. The van der Waals surface area contributed by atoms with Gasteiger partial charge < -0.3 is 13.9 Å². The van der Waals surface area contributed by atoms with Crippen LogP contribution in [-0.4, -0.2) is 4.57 Å². The Labute approximate surface area is 295 Å². The Kier molecular flexibility index (Phi) is 6.81. The van der Waals surface area contributed by atoms with Crippen LogP contribution in [0.5, 0.6) is 0 Å². The molecule has 10 aromatic rings. The van der Waals surface area contributed by atoms with E-state index in [-0.39, 0.29) is 0 Å². The molecule has 8 aromatic carbocycles. The average molecular weight is 653 g/mol. The second-order valence-corrected chi connectivity index (χ2v) is 12.9. The highest BCUT2D eigenvalue weighted by Gasteiger charge is 2.27. The van der Waals surface area contributed by atoms with E-state index in [1.54, 1.807) is 0 Å². The molecule has 0 atom stereocenters. The van der Waals surface area contributed by atoms with Crippen LogP contribution in [0.3, 0.4) is 0 Å². The maximum absolute atomic E-state index is 6.71. The first-order chi connectivity index (χ1) is 25.3. The van der Waals surface area contributed by atoms with Gasteiger partial charge in [-0.15, -0.1) is 0 Å². The minimum Gasteiger partial charge on any atom is -0.456 e. The molecule has 240 valence electrons. The van der Waals surface area contributed by atoms with Gasteiger partial charge in [-0.3, -0.25) is 0 Å². The second kappa shape index (κ2) is 11.9. The summed E-state index contributed by atoms with van der Waals surface area (Å²) in [6.07, 6.45) is 0. The van der Waals surface area contributed by atoms with Gasteiger partial charge in [0, 0.05) is 39.3 Å². The Bertz CT molecular complexity index is 2780. The fraction of sp³-hybridized carbons (Fsp3) is 0. The van der Waals surface area contributed by atoms with Crippen molar-refractivity contribution >= 4 is 60.8 Å². The maximum atomic E-state index is 6.71. The van der Waals surface area contributed by atoms with Crippen molar-refractivity contribution < 1.29 is 4.42 Å². The first kappa shape index (κ1) is 29.1. The van der Waals surface area contributed by atoms with E-state index in [1.165, 1.54) is 33.0 Å². The third kappa shape index (κ3) is 4.82. The zero-order valence-corrected chi connectivity index (χ0v) is 27.8. The van der Waals surface area contributed by atoms with Crippen LogP contribution in [0.25, 0.3) is 71.7 Å². The molecule has 0 bridgehead atoms. The third-order valence-electron chi connectivity index (χ3n) is 9.96. The van der Waals surface area contributed by atoms with E-state index in [1.807, 2.05) is 6.07 Å². The summed E-state index contributed by atoms with van der Waals surface area (Å²) in [6.45, 7) is 0. The fourth-order valence-electron chi connectivity index (χ4n) is 7.66. The number of furan rings is 1. The standard InChI is InChI=1S/C48H32N2O/c1-5-15-33(16-6-1)34-25-27-35(28-26-34)36-29-30-42-41(31-36)46-43(50(42)39-21-11-4-12-22-39)32-45-47(40-23-13-14-24-44(40)51-45)48(46)49(37-17-7-2-8-18-37)38-19-9-3-10-20-38/h1-32H. The molecule has 0 radical (unpaired) electrons. The van der Waals surface area contributed by atoms with E-state index in [9.17, 15) is 0 Å². The molecular formula is C48H32N2O. The van der Waals surface area contributed by atoms with Crippen molar-refractivity contribution in [3.8, 4) is 27.9 Å². The number of benzene rings is 8. The van der Waals surface area contributed by atoms with Crippen molar-refractivity contribution in [2.75, 3.05) is 4.90 Å². The summed E-state index contributed by atoms with van der Waals surface area (Å²) in [5.41, 5.74) is 13.1. The summed E-state index contributed by atoms with van der Waals surface area (Å²) in [5, 5.41) is 4.53. The number of fused-ring (bicyclic) bond motifs is 6. The summed E-state index contributed by atoms with van der Waals surface area (Å²) >= 11 is 0. The molecule has 2 heterocycles. The van der Waals surface area contributed by atoms with Crippen LogP contribution in [0.4, 0.5) is 17.1 Å². The monoisotopic (exact) mass is 652 g/mol. The van der Waals surface area contributed by atoms with Gasteiger partial charge in [0.25, 0.3) is 0 Å².